The average molecular weight is 422 g/mol. The highest BCUT2D eigenvalue weighted by atomic mass is 19.1. The van der Waals surface area contributed by atoms with Crippen LogP contribution in [-0.4, -0.2) is 53.0 Å². The van der Waals surface area contributed by atoms with Crippen molar-refractivity contribution in [3.63, 3.8) is 0 Å². The van der Waals surface area contributed by atoms with Crippen LogP contribution in [0.4, 0.5) is 19.5 Å². The van der Waals surface area contributed by atoms with Crippen LogP contribution in [0.3, 0.4) is 0 Å². The molecule has 1 aliphatic rings. The van der Waals surface area contributed by atoms with Gasteiger partial charge in [-0.25, -0.2) is 18.6 Å². The number of benzene rings is 1. The highest BCUT2D eigenvalue weighted by Crippen LogP contribution is 2.33. The number of rotatable bonds is 4. The predicted molar refractivity (Wildman–Crippen MR) is 105 cm³/mol. The molecule has 1 amide bonds. The number of aromatic hydroxyl groups is 1. The molecule has 0 bridgehead atoms. The molecule has 1 aliphatic heterocycles. The van der Waals surface area contributed by atoms with Crippen molar-refractivity contribution < 1.29 is 28.2 Å². The minimum atomic E-state index is -0.713. The summed E-state index contributed by atoms with van der Waals surface area (Å²) < 4.78 is 38.6. The summed E-state index contributed by atoms with van der Waals surface area (Å²) in [4.78, 5) is 22.2. The number of alkyl carbamates (subject to hydrolysis) is 1. The number of carbonyl (C=O) groups excluding carboxylic acids is 1. The van der Waals surface area contributed by atoms with E-state index in [0.717, 1.165) is 18.2 Å². The van der Waals surface area contributed by atoms with E-state index < -0.39 is 35.3 Å². The molecule has 1 saturated heterocycles. The lowest BCUT2D eigenvalue weighted by Crippen LogP contribution is -2.43. The van der Waals surface area contributed by atoms with Gasteiger partial charge in [0.1, 0.15) is 17.2 Å². The van der Waals surface area contributed by atoms with Gasteiger partial charge < -0.3 is 24.8 Å². The van der Waals surface area contributed by atoms with Crippen LogP contribution in [0.25, 0.3) is 0 Å². The molecule has 1 aromatic heterocycles. The van der Waals surface area contributed by atoms with E-state index in [1.807, 2.05) is 0 Å². The van der Waals surface area contributed by atoms with E-state index in [0.29, 0.717) is 0 Å². The lowest BCUT2D eigenvalue weighted by molar-refractivity contribution is 0.0504. The SMILES string of the molecule is COc1nc(N2CC(NC(=O)OC(C)(C)C)C(c3cc(F)ccc3F)C2)ncc1O. The van der Waals surface area contributed by atoms with E-state index in [1.165, 1.54) is 13.3 Å². The number of anilines is 1. The van der Waals surface area contributed by atoms with Gasteiger partial charge in [0.15, 0.2) is 5.75 Å². The molecule has 1 fully saturated rings. The lowest BCUT2D eigenvalue weighted by Gasteiger charge is -2.24. The maximum atomic E-state index is 14.5. The first kappa shape index (κ1) is 21.5. The zero-order valence-electron chi connectivity index (χ0n) is 17.1. The van der Waals surface area contributed by atoms with Gasteiger partial charge >= 0.3 is 6.09 Å². The predicted octanol–water partition coefficient (Wildman–Crippen LogP) is 2.97. The molecule has 2 aromatic rings. The minimum absolute atomic E-state index is 0.0166. The molecule has 30 heavy (non-hydrogen) atoms. The third-order valence-corrected chi connectivity index (χ3v) is 4.58. The van der Waals surface area contributed by atoms with Crippen molar-refractivity contribution in [2.75, 3.05) is 25.1 Å². The van der Waals surface area contributed by atoms with Crippen molar-refractivity contribution in [3.8, 4) is 11.6 Å². The Morgan fingerprint density at radius 2 is 2.03 bits per heavy atom. The van der Waals surface area contributed by atoms with Crippen LogP contribution < -0.4 is 15.0 Å². The maximum Gasteiger partial charge on any atom is 0.407 e. The Labute approximate surface area is 172 Å². The molecule has 0 spiro atoms. The zero-order valence-corrected chi connectivity index (χ0v) is 17.1. The number of nitrogens with one attached hydrogen (secondary N) is 1. The van der Waals surface area contributed by atoms with E-state index >= 15 is 0 Å². The number of hydrogen-bond acceptors (Lipinski definition) is 7. The highest BCUT2D eigenvalue weighted by Gasteiger charge is 2.38. The van der Waals surface area contributed by atoms with E-state index in [2.05, 4.69) is 15.3 Å². The number of methoxy groups -OCH3 is 1. The molecule has 0 radical (unpaired) electrons. The third-order valence-electron chi connectivity index (χ3n) is 4.58. The molecule has 162 valence electrons. The van der Waals surface area contributed by atoms with Crippen LogP contribution in [0.1, 0.15) is 32.3 Å². The Hall–Kier alpha value is -3.17. The fourth-order valence-corrected chi connectivity index (χ4v) is 3.34. The van der Waals surface area contributed by atoms with E-state index in [4.69, 9.17) is 9.47 Å². The Morgan fingerprint density at radius 3 is 2.70 bits per heavy atom. The Kier molecular flexibility index (Phi) is 5.95. The molecule has 3 rings (SSSR count). The van der Waals surface area contributed by atoms with E-state index in [1.54, 1.807) is 25.7 Å². The molecule has 1 aromatic carbocycles. The third kappa shape index (κ3) is 4.87. The molecule has 8 nitrogen and oxygen atoms in total. The number of hydrogen-bond donors (Lipinski definition) is 2. The highest BCUT2D eigenvalue weighted by molar-refractivity contribution is 5.68. The van der Waals surface area contributed by atoms with Crippen LogP contribution in [0.15, 0.2) is 24.4 Å². The molecule has 2 heterocycles. The van der Waals surface area contributed by atoms with Crippen molar-refractivity contribution in [1.29, 1.82) is 0 Å². The number of ether oxygens (including phenoxy) is 2. The summed E-state index contributed by atoms with van der Waals surface area (Å²) in [7, 11) is 1.35. The van der Waals surface area contributed by atoms with Crippen molar-refractivity contribution in [2.24, 2.45) is 0 Å². The Bertz CT molecular complexity index is 936. The first-order valence-electron chi connectivity index (χ1n) is 9.37. The van der Waals surface area contributed by atoms with Crippen LogP contribution >= 0.6 is 0 Å². The molecule has 2 unspecified atom stereocenters. The van der Waals surface area contributed by atoms with Gasteiger partial charge in [-0.15, -0.1) is 0 Å². The van der Waals surface area contributed by atoms with Gasteiger partial charge in [-0.1, -0.05) is 0 Å². The van der Waals surface area contributed by atoms with Crippen molar-refractivity contribution >= 4 is 12.0 Å². The molecular formula is C20H24F2N4O4. The lowest BCUT2D eigenvalue weighted by atomic mass is 9.94. The van der Waals surface area contributed by atoms with Crippen molar-refractivity contribution in [3.05, 3.63) is 41.6 Å². The second-order valence-electron chi connectivity index (χ2n) is 7.99. The molecule has 10 heteroatoms. The fourth-order valence-electron chi connectivity index (χ4n) is 3.34. The second kappa shape index (κ2) is 8.29. The monoisotopic (exact) mass is 422 g/mol. The quantitative estimate of drug-likeness (QED) is 0.782. The van der Waals surface area contributed by atoms with Gasteiger partial charge in [0, 0.05) is 19.0 Å². The summed E-state index contributed by atoms with van der Waals surface area (Å²) in [6.07, 6.45) is 0.522. The standard InChI is InChI=1S/C20H24F2N4O4/c1-20(2,3)30-19(28)24-15-10-26(18-23-8-16(27)17(25-18)29-4)9-13(15)12-7-11(21)5-6-14(12)22/h5-8,13,15,27H,9-10H2,1-4H3,(H,24,28). The van der Waals surface area contributed by atoms with Gasteiger partial charge in [0.25, 0.3) is 5.88 Å². The molecule has 2 atom stereocenters. The van der Waals surface area contributed by atoms with Crippen LogP contribution in [0, 0.1) is 11.6 Å². The number of nitrogens with zero attached hydrogens (tertiary/aromatic N) is 3. The van der Waals surface area contributed by atoms with Gasteiger partial charge in [0.2, 0.25) is 5.95 Å². The summed E-state index contributed by atoms with van der Waals surface area (Å²) >= 11 is 0. The van der Waals surface area contributed by atoms with Crippen molar-refractivity contribution in [2.45, 2.75) is 38.3 Å². The normalized spacial score (nSPS) is 18.9. The van der Waals surface area contributed by atoms with Crippen LogP contribution in [0.2, 0.25) is 0 Å². The first-order chi connectivity index (χ1) is 14.1. The van der Waals surface area contributed by atoms with Gasteiger partial charge in [-0.3, -0.25) is 0 Å². The van der Waals surface area contributed by atoms with Gasteiger partial charge in [-0.2, -0.15) is 4.98 Å². The number of aromatic nitrogens is 2. The number of carbonyl (C=O) groups is 1. The minimum Gasteiger partial charge on any atom is -0.502 e. The summed E-state index contributed by atoms with van der Waals surface area (Å²) in [6.45, 7) is 5.61. The zero-order chi connectivity index (χ0) is 22.1. The average Bonchev–Trinajstić information content (AvgIpc) is 3.06. The Morgan fingerprint density at radius 1 is 1.30 bits per heavy atom. The van der Waals surface area contributed by atoms with Crippen molar-refractivity contribution in [1.82, 2.24) is 15.3 Å². The fraction of sp³-hybridized carbons (Fsp3) is 0.450. The van der Waals surface area contributed by atoms with Gasteiger partial charge in [0.05, 0.1) is 19.3 Å². The molecule has 0 aliphatic carbocycles. The van der Waals surface area contributed by atoms with Crippen LogP contribution in [-0.2, 0) is 4.74 Å². The summed E-state index contributed by atoms with van der Waals surface area (Å²) in [6, 6.07) is 2.61. The van der Waals surface area contributed by atoms with Crippen LogP contribution in [0.5, 0.6) is 11.6 Å². The molecule has 0 saturated carbocycles. The number of amides is 1. The summed E-state index contributed by atoms with van der Waals surface area (Å²) in [5.41, 5.74) is -0.584. The smallest absolute Gasteiger partial charge is 0.407 e. The largest absolute Gasteiger partial charge is 0.502 e. The number of halogens is 2. The maximum absolute atomic E-state index is 14.5. The first-order valence-corrected chi connectivity index (χ1v) is 9.37. The molecular weight excluding hydrogens is 398 g/mol. The Balaban J connectivity index is 1.91. The van der Waals surface area contributed by atoms with Gasteiger partial charge in [-0.05, 0) is 44.5 Å². The summed E-state index contributed by atoms with van der Waals surface area (Å²) in [5.74, 6) is -1.77. The second-order valence-corrected chi connectivity index (χ2v) is 7.99. The van der Waals surface area contributed by atoms with E-state index in [-0.39, 0.29) is 36.2 Å². The topological polar surface area (TPSA) is 96.8 Å². The van der Waals surface area contributed by atoms with E-state index in [9.17, 15) is 18.7 Å². The molecule has 2 N–H and O–H groups in total. The summed E-state index contributed by atoms with van der Waals surface area (Å²) in [5, 5.41) is 12.5.